The average Bonchev–Trinajstić information content (AvgIpc) is 2.74. The fourth-order valence-corrected chi connectivity index (χ4v) is 2.56. The summed E-state index contributed by atoms with van der Waals surface area (Å²) in [7, 11) is 0. The van der Waals surface area contributed by atoms with E-state index in [1.807, 2.05) is 29.6 Å². The maximum absolute atomic E-state index is 11.8. The van der Waals surface area contributed by atoms with Crippen molar-refractivity contribution in [3.05, 3.63) is 50.6 Å². The van der Waals surface area contributed by atoms with Gasteiger partial charge >= 0.3 is 0 Å². The zero-order chi connectivity index (χ0) is 12.3. The molecule has 0 spiro atoms. The molecule has 17 heavy (non-hydrogen) atoms. The molecule has 1 heterocycles. The van der Waals surface area contributed by atoms with E-state index in [1.165, 1.54) is 11.3 Å². The van der Waals surface area contributed by atoms with Crippen LogP contribution in [-0.2, 0) is 6.54 Å². The van der Waals surface area contributed by atoms with Gasteiger partial charge in [-0.1, -0.05) is 34.1 Å². The molecular weight excluding hydrogens is 300 g/mol. The van der Waals surface area contributed by atoms with E-state index < -0.39 is 0 Å². The second kappa shape index (κ2) is 5.33. The monoisotopic (exact) mass is 310 g/mol. The number of benzene rings is 1. The van der Waals surface area contributed by atoms with E-state index in [9.17, 15) is 4.79 Å². The number of nitrogens with two attached hydrogens (primary N) is 1. The molecule has 0 unspecified atom stereocenters. The molecule has 0 fully saturated rings. The van der Waals surface area contributed by atoms with Crippen LogP contribution in [0.5, 0.6) is 0 Å². The van der Waals surface area contributed by atoms with E-state index in [1.54, 1.807) is 6.07 Å². The smallest absolute Gasteiger partial charge is 0.263 e. The van der Waals surface area contributed by atoms with Crippen molar-refractivity contribution < 1.29 is 4.79 Å². The Morgan fingerprint density at radius 1 is 1.35 bits per heavy atom. The van der Waals surface area contributed by atoms with Crippen LogP contribution in [0.2, 0.25) is 0 Å². The second-order valence-electron chi connectivity index (χ2n) is 3.48. The van der Waals surface area contributed by atoms with Crippen molar-refractivity contribution in [3.63, 3.8) is 0 Å². The minimum atomic E-state index is -0.131. The molecule has 0 radical (unpaired) electrons. The molecule has 3 nitrogen and oxygen atoms in total. The summed E-state index contributed by atoms with van der Waals surface area (Å²) in [6.07, 6.45) is 0. The minimum Gasteiger partial charge on any atom is -0.397 e. The number of nitrogen functional groups attached to an aromatic ring is 1. The molecule has 2 rings (SSSR count). The first-order valence-electron chi connectivity index (χ1n) is 5.03. The van der Waals surface area contributed by atoms with Crippen molar-refractivity contribution in [2.75, 3.05) is 5.73 Å². The predicted molar refractivity (Wildman–Crippen MR) is 74.0 cm³/mol. The third-order valence-electron chi connectivity index (χ3n) is 2.30. The van der Waals surface area contributed by atoms with Crippen LogP contribution >= 0.6 is 27.3 Å². The van der Waals surface area contributed by atoms with Crippen molar-refractivity contribution in [1.29, 1.82) is 0 Å². The summed E-state index contributed by atoms with van der Waals surface area (Å²) in [6, 6.07) is 9.51. The first kappa shape index (κ1) is 12.1. The SMILES string of the molecule is Nc1ccsc1C(=O)NCc1ccccc1Br. The maximum Gasteiger partial charge on any atom is 0.263 e. The Balaban J connectivity index is 2.02. The van der Waals surface area contributed by atoms with Crippen LogP contribution in [0.15, 0.2) is 40.2 Å². The molecule has 88 valence electrons. The summed E-state index contributed by atoms with van der Waals surface area (Å²) in [5.41, 5.74) is 7.25. The van der Waals surface area contributed by atoms with Crippen molar-refractivity contribution in [1.82, 2.24) is 5.32 Å². The molecule has 0 saturated heterocycles. The quantitative estimate of drug-likeness (QED) is 0.915. The third-order valence-corrected chi connectivity index (χ3v) is 4.00. The predicted octanol–water partition coefficient (Wildman–Crippen LogP) is 3.02. The van der Waals surface area contributed by atoms with Gasteiger partial charge in [-0.15, -0.1) is 11.3 Å². The Morgan fingerprint density at radius 2 is 2.12 bits per heavy atom. The van der Waals surface area contributed by atoms with Crippen LogP contribution in [0, 0.1) is 0 Å². The van der Waals surface area contributed by atoms with E-state index >= 15 is 0 Å². The molecule has 2 aromatic rings. The van der Waals surface area contributed by atoms with Gasteiger partial charge in [0.05, 0.1) is 5.69 Å². The lowest BCUT2D eigenvalue weighted by atomic mass is 10.2. The zero-order valence-electron chi connectivity index (χ0n) is 8.94. The van der Waals surface area contributed by atoms with E-state index in [-0.39, 0.29) is 5.91 Å². The Morgan fingerprint density at radius 3 is 2.76 bits per heavy atom. The molecule has 5 heteroatoms. The fraction of sp³-hybridized carbons (Fsp3) is 0.0833. The molecular formula is C12H11BrN2OS. The highest BCUT2D eigenvalue weighted by Crippen LogP contribution is 2.19. The summed E-state index contributed by atoms with van der Waals surface area (Å²) < 4.78 is 0.986. The van der Waals surface area contributed by atoms with Gasteiger partial charge in [0.1, 0.15) is 4.88 Å². The van der Waals surface area contributed by atoms with Gasteiger partial charge in [-0.05, 0) is 23.1 Å². The number of hydrogen-bond donors (Lipinski definition) is 2. The van der Waals surface area contributed by atoms with Crippen molar-refractivity contribution in [3.8, 4) is 0 Å². The normalized spacial score (nSPS) is 10.2. The molecule has 1 aromatic carbocycles. The number of carbonyl (C=O) groups is 1. The van der Waals surface area contributed by atoms with Crippen LogP contribution in [0.1, 0.15) is 15.2 Å². The molecule has 0 aliphatic rings. The number of anilines is 1. The molecule has 3 N–H and O–H groups in total. The van der Waals surface area contributed by atoms with Gasteiger partial charge in [0.25, 0.3) is 5.91 Å². The molecule has 0 bridgehead atoms. The largest absolute Gasteiger partial charge is 0.397 e. The zero-order valence-corrected chi connectivity index (χ0v) is 11.3. The van der Waals surface area contributed by atoms with E-state index in [2.05, 4.69) is 21.2 Å². The van der Waals surface area contributed by atoms with Crippen LogP contribution in [0.4, 0.5) is 5.69 Å². The van der Waals surface area contributed by atoms with E-state index in [4.69, 9.17) is 5.73 Å². The van der Waals surface area contributed by atoms with E-state index in [0.29, 0.717) is 17.1 Å². The summed E-state index contributed by atoms with van der Waals surface area (Å²) >= 11 is 4.78. The van der Waals surface area contributed by atoms with Crippen molar-refractivity contribution >= 4 is 38.9 Å². The Labute approximate surface area is 112 Å². The molecule has 1 amide bonds. The Kier molecular flexibility index (Phi) is 3.81. The molecule has 0 saturated carbocycles. The molecule has 0 atom stereocenters. The molecule has 0 aliphatic carbocycles. The lowest BCUT2D eigenvalue weighted by Gasteiger charge is -2.06. The van der Waals surface area contributed by atoms with Crippen LogP contribution in [-0.4, -0.2) is 5.91 Å². The minimum absolute atomic E-state index is 0.131. The highest BCUT2D eigenvalue weighted by molar-refractivity contribution is 9.10. The first-order valence-corrected chi connectivity index (χ1v) is 6.70. The van der Waals surface area contributed by atoms with Gasteiger partial charge in [-0.25, -0.2) is 0 Å². The number of halogens is 1. The van der Waals surface area contributed by atoms with Gasteiger partial charge in [-0.3, -0.25) is 4.79 Å². The van der Waals surface area contributed by atoms with Gasteiger partial charge in [0.2, 0.25) is 0 Å². The summed E-state index contributed by atoms with van der Waals surface area (Å²) in [5, 5.41) is 4.65. The van der Waals surface area contributed by atoms with Crippen LogP contribution < -0.4 is 11.1 Å². The number of hydrogen-bond acceptors (Lipinski definition) is 3. The van der Waals surface area contributed by atoms with Crippen molar-refractivity contribution in [2.45, 2.75) is 6.54 Å². The second-order valence-corrected chi connectivity index (χ2v) is 5.25. The lowest BCUT2D eigenvalue weighted by Crippen LogP contribution is -2.22. The average molecular weight is 311 g/mol. The standard InChI is InChI=1S/C12H11BrN2OS/c13-9-4-2-1-3-8(9)7-15-12(16)11-10(14)5-6-17-11/h1-6H,7,14H2,(H,15,16). The number of amides is 1. The third kappa shape index (κ3) is 2.87. The van der Waals surface area contributed by atoms with E-state index in [0.717, 1.165) is 10.0 Å². The maximum atomic E-state index is 11.8. The van der Waals surface area contributed by atoms with Gasteiger partial charge < -0.3 is 11.1 Å². The van der Waals surface area contributed by atoms with Gasteiger partial charge in [0.15, 0.2) is 0 Å². The lowest BCUT2D eigenvalue weighted by molar-refractivity contribution is 0.0955. The van der Waals surface area contributed by atoms with Gasteiger partial charge in [-0.2, -0.15) is 0 Å². The number of nitrogens with one attached hydrogen (secondary N) is 1. The molecule has 1 aromatic heterocycles. The highest BCUT2D eigenvalue weighted by Gasteiger charge is 2.10. The topological polar surface area (TPSA) is 55.1 Å². The number of carbonyl (C=O) groups excluding carboxylic acids is 1. The number of rotatable bonds is 3. The summed E-state index contributed by atoms with van der Waals surface area (Å²) in [5.74, 6) is -0.131. The van der Waals surface area contributed by atoms with Gasteiger partial charge in [0, 0.05) is 11.0 Å². The number of thiophene rings is 1. The highest BCUT2D eigenvalue weighted by atomic mass is 79.9. The Hall–Kier alpha value is -1.33. The fourth-order valence-electron chi connectivity index (χ4n) is 1.40. The summed E-state index contributed by atoms with van der Waals surface area (Å²) in [6.45, 7) is 0.484. The Bertz CT molecular complexity index is 539. The van der Waals surface area contributed by atoms with Crippen molar-refractivity contribution in [2.24, 2.45) is 0 Å². The summed E-state index contributed by atoms with van der Waals surface area (Å²) in [4.78, 5) is 12.4. The van der Waals surface area contributed by atoms with Crippen LogP contribution in [0.3, 0.4) is 0 Å². The van der Waals surface area contributed by atoms with Crippen LogP contribution in [0.25, 0.3) is 0 Å². The first-order chi connectivity index (χ1) is 8.18. The molecule has 0 aliphatic heterocycles.